The van der Waals surface area contributed by atoms with Crippen molar-refractivity contribution in [2.75, 3.05) is 11.9 Å². The summed E-state index contributed by atoms with van der Waals surface area (Å²) in [7, 11) is 0. The smallest absolute Gasteiger partial charge is 0.271 e. The van der Waals surface area contributed by atoms with E-state index in [1.165, 1.54) is 24.3 Å². The van der Waals surface area contributed by atoms with Crippen LogP contribution in [-0.2, 0) is 33.3 Å². The predicted molar refractivity (Wildman–Crippen MR) is 107 cm³/mol. The zero-order valence-corrected chi connectivity index (χ0v) is 18.0. The molecule has 1 aromatic carbocycles. The van der Waals surface area contributed by atoms with Gasteiger partial charge in [-0.25, -0.2) is 0 Å². The lowest BCUT2D eigenvalue weighted by molar-refractivity contribution is -0.384. The Hall–Kier alpha value is -2.64. The average molecular weight is 451 g/mol. The number of carbonyl (C=O) groups is 2. The van der Waals surface area contributed by atoms with E-state index in [1.54, 1.807) is 27.7 Å². The van der Waals surface area contributed by atoms with Crippen molar-refractivity contribution in [1.82, 2.24) is 5.32 Å². The van der Waals surface area contributed by atoms with Crippen molar-refractivity contribution in [3.63, 3.8) is 0 Å². The number of non-ortho nitro benzene ring substituents is 1. The van der Waals surface area contributed by atoms with E-state index in [1.807, 2.05) is 0 Å². The summed E-state index contributed by atoms with van der Waals surface area (Å²) in [5.41, 5.74) is 0.0778. The van der Waals surface area contributed by atoms with E-state index in [4.69, 9.17) is 23.7 Å². The Morgan fingerprint density at radius 2 is 1.69 bits per heavy atom. The van der Waals surface area contributed by atoms with Gasteiger partial charge in [-0.05, 0) is 33.8 Å². The number of amides is 2. The second-order valence-electron chi connectivity index (χ2n) is 8.66. The highest BCUT2D eigenvalue weighted by atomic mass is 16.9. The van der Waals surface area contributed by atoms with Crippen molar-refractivity contribution < 1.29 is 38.2 Å². The number of hydrogen-bond donors (Lipinski definition) is 2. The first-order chi connectivity index (χ1) is 14.9. The summed E-state index contributed by atoms with van der Waals surface area (Å²) < 4.78 is 29.3. The number of carbonyl (C=O) groups excluding carboxylic acids is 2. The van der Waals surface area contributed by atoms with Crippen LogP contribution in [0.4, 0.5) is 11.4 Å². The molecule has 3 fully saturated rings. The summed E-state index contributed by atoms with van der Waals surface area (Å²) in [4.78, 5) is 35.4. The van der Waals surface area contributed by atoms with Crippen molar-refractivity contribution in [2.45, 2.75) is 70.0 Å². The predicted octanol–water partition coefficient (Wildman–Crippen LogP) is 1.05. The monoisotopic (exact) mass is 451 g/mol. The van der Waals surface area contributed by atoms with Gasteiger partial charge in [-0.1, -0.05) is 6.07 Å². The molecular weight excluding hydrogens is 426 g/mol. The lowest BCUT2D eigenvalue weighted by Gasteiger charge is -2.36. The molecule has 2 N–H and O–H groups in total. The SMILES string of the molecule is CC1(C)O[C@@H]2[C@@H](O1)[C@H](C(=O)NCC(=O)Nc1cccc([N+](=O)[O-])c1)O[C@H]1OC(C)(C)O[C@@H]12. The van der Waals surface area contributed by atoms with E-state index < -0.39 is 59.0 Å². The Kier molecular flexibility index (Phi) is 5.67. The van der Waals surface area contributed by atoms with Crippen molar-refractivity contribution >= 4 is 23.2 Å². The molecule has 12 nitrogen and oxygen atoms in total. The van der Waals surface area contributed by atoms with Gasteiger partial charge in [0, 0.05) is 17.8 Å². The van der Waals surface area contributed by atoms with E-state index in [-0.39, 0.29) is 17.9 Å². The van der Waals surface area contributed by atoms with Crippen molar-refractivity contribution in [3.05, 3.63) is 34.4 Å². The van der Waals surface area contributed by atoms with Gasteiger partial charge >= 0.3 is 0 Å². The van der Waals surface area contributed by atoms with Gasteiger partial charge in [-0.3, -0.25) is 19.7 Å². The molecule has 12 heteroatoms. The Labute approximate surface area is 183 Å². The molecular formula is C20H25N3O9. The molecule has 174 valence electrons. The second kappa shape index (κ2) is 8.05. The number of nitro benzene ring substituents is 1. The Morgan fingerprint density at radius 1 is 1.03 bits per heavy atom. The van der Waals surface area contributed by atoms with E-state index >= 15 is 0 Å². The van der Waals surface area contributed by atoms with E-state index in [0.29, 0.717) is 0 Å². The largest absolute Gasteiger partial charge is 0.345 e. The third-order valence-corrected chi connectivity index (χ3v) is 5.18. The van der Waals surface area contributed by atoms with E-state index in [9.17, 15) is 19.7 Å². The number of nitrogens with zero attached hydrogens (tertiary/aromatic N) is 1. The normalized spacial score (nSPS) is 31.9. The zero-order valence-electron chi connectivity index (χ0n) is 18.0. The highest BCUT2D eigenvalue weighted by Crippen LogP contribution is 2.44. The fourth-order valence-corrected chi connectivity index (χ4v) is 3.99. The molecule has 3 aliphatic rings. The van der Waals surface area contributed by atoms with Crippen LogP contribution in [0.25, 0.3) is 0 Å². The van der Waals surface area contributed by atoms with Gasteiger partial charge in [0.2, 0.25) is 5.91 Å². The van der Waals surface area contributed by atoms with Crippen LogP contribution in [-0.4, -0.2) is 65.6 Å². The first-order valence-corrected chi connectivity index (χ1v) is 10.1. The first kappa shape index (κ1) is 22.6. The average Bonchev–Trinajstić information content (AvgIpc) is 3.19. The maximum absolute atomic E-state index is 12.9. The summed E-state index contributed by atoms with van der Waals surface area (Å²) in [6.07, 6.45) is -3.86. The molecule has 0 saturated carbocycles. The van der Waals surface area contributed by atoms with Crippen LogP contribution in [0.2, 0.25) is 0 Å². The summed E-state index contributed by atoms with van der Waals surface area (Å²) >= 11 is 0. The van der Waals surface area contributed by atoms with Gasteiger partial charge in [0.1, 0.15) is 18.3 Å². The lowest BCUT2D eigenvalue weighted by Crippen LogP contribution is -2.59. The number of benzene rings is 1. The summed E-state index contributed by atoms with van der Waals surface area (Å²) in [6, 6.07) is 5.48. The Morgan fingerprint density at radius 3 is 2.41 bits per heavy atom. The number of nitrogens with one attached hydrogen (secondary N) is 2. The van der Waals surface area contributed by atoms with Crippen LogP contribution < -0.4 is 10.6 Å². The molecule has 3 heterocycles. The highest BCUT2D eigenvalue weighted by molar-refractivity contribution is 5.95. The molecule has 0 bridgehead atoms. The molecule has 2 amide bonds. The summed E-state index contributed by atoms with van der Waals surface area (Å²) in [6.45, 7) is 6.54. The fourth-order valence-electron chi connectivity index (χ4n) is 3.99. The van der Waals surface area contributed by atoms with Crippen molar-refractivity contribution in [1.29, 1.82) is 0 Å². The van der Waals surface area contributed by atoms with Crippen molar-refractivity contribution in [2.24, 2.45) is 0 Å². The summed E-state index contributed by atoms with van der Waals surface area (Å²) in [5.74, 6) is -3.02. The third kappa shape index (κ3) is 4.59. The van der Waals surface area contributed by atoms with E-state index in [2.05, 4.69) is 10.6 Å². The Bertz CT molecular complexity index is 935. The van der Waals surface area contributed by atoms with Gasteiger partial charge in [0.05, 0.1) is 11.5 Å². The van der Waals surface area contributed by atoms with Crippen LogP contribution in [0.1, 0.15) is 27.7 Å². The highest BCUT2D eigenvalue weighted by Gasteiger charge is 2.62. The van der Waals surface area contributed by atoms with Crippen LogP contribution >= 0.6 is 0 Å². The molecule has 0 spiro atoms. The van der Waals surface area contributed by atoms with Crippen molar-refractivity contribution in [3.8, 4) is 0 Å². The molecule has 3 aliphatic heterocycles. The minimum atomic E-state index is -1.09. The topological polar surface area (TPSA) is 147 Å². The fraction of sp³-hybridized carbons (Fsp3) is 0.600. The summed E-state index contributed by atoms with van der Waals surface area (Å²) in [5, 5.41) is 15.9. The molecule has 0 radical (unpaired) electrons. The molecule has 0 aromatic heterocycles. The second-order valence-corrected chi connectivity index (χ2v) is 8.66. The molecule has 3 saturated heterocycles. The van der Waals surface area contributed by atoms with Gasteiger partial charge < -0.3 is 34.3 Å². The van der Waals surface area contributed by atoms with Crippen LogP contribution in [0.15, 0.2) is 24.3 Å². The molecule has 0 unspecified atom stereocenters. The number of rotatable bonds is 5. The maximum atomic E-state index is 12.9. The lowest BCUT2D eigenvalue weighted by atomic mass is 9.98. The van der Waals surface area contributed by atoms with Gasteiger partial charge in [-0.2, -0.15) is 0 Å². The van der Waals surface area contributed by atoms with Gasteiger partial charge in [0.15, 0.2) is 24.0 Å². The standard InChI is InChI=1S/C20H25N3O9/c1-19(2)29-13-14(30-19)16-18(32-20(3,4)31-16)28-15(13)17(25)21-9-12(24)22-10-6-5-7-11(8-10)23(26)27/h5-8,13-16,18H,9H2,1-4H3,(H,21,25)(H,22,24)/t13-,14-,15-,16-,18+/m1/s1. The molecule has 0 aliphatic carbocycles. The van der Waals surface area contributed by atoms with Crippen LogP contribution in [0.3, 0.4) is 0 Å². The number of nitro groups is 1. The quantitative estimate of drug-likeness (QED) is 0.495. The minimum absolute atomic E-state index is 0.161. The van der Waals surface area contributed by atoms with Gasteiger partial charge in [-0.15, -0.1) is 0 Å². The number of hydrogen-bond acceptors (Lipinski definition) is 9. The molecule has 4 rings (SSSR count). The number of anilines is 1. The third-order valence-electron chi connectivity index (χ3n) is 5.18. The first-order valence-electron chi connectivity index (χ1n) is 10.1. The van der Waals surface area contributed by atoms with Crippen LogP contribution in [0.5, 0.6) is 0 Å². The molecule has 32 heavy (non-hydrogen) atoms. The zero-order chi connectivity index (χ0) is 23.3. The minimum Gasteiger partial charge on any atom is -0.345 e. The van der Waals surface area contributed by atoms with E-state index in [0.717, 1.165) is 0 Å². The number of fused-ring (bicyclic) bond motifs is 3. The molecule has 1 aromatic rings. The Balaban J connectivity index is 1.40. The maximum Gasteiger partial charge on any atom is 0.271 e. The number of ether oxygens (including phenoxy) is 5. The van der Waals surface area contributed by atoms with Gasteiger partial charge in [0.25, 0.3) is 11.6 Å². The molecule has 5 atom stereocenters. The van der Waals surface area contributed by atoms with Crippen LogP contribution in [0, 0.1) is 10.1 Å².